The molecular formula is C19H31N3O2S. The van der Waals surface area contributed by atoms with Gasteiger partial charge in [-0.1, -0.05) is 20.8 Å². The van der Waals surface area contributed by atoms with Crippen LogP contribution in [0.2, 0.25) is 0 Å². The van der Waals surface area contributed by atoms with Crippen LogP contribution < -0.4 is 0 Å². The summed E-state index contributed by atoms with van der Waals surface area (Å²) in [4.78, 5) is 7.29. The van der Waals surface area contributed by atoms with E-state index in [9.17, 15) is 8.42 Å². The summed E-state index contributed by atoms with van der Waals surface area (Å²) in [7, 11) is 0.813. The highest BCUT2D eigenvalue weighted by Crippen LogP contribution is 2.26. The number of sulfone groups is 1. The van der Waals surface area contributed by atoms with Gasteiger partial charge in [-0.2, -0.15) is 0 Å². The molecule has 2 aromatic rings. The summed E-state index contributed by atoms with van der Waals surface area (Å²) < 4.78 is 27.2. The molecule has 1 aromatic heterocycles. The van der Waals surface area contributed by atoms with E-state index in [1.165, 1.54) is 0 Å². The number of aromatic nitrogens is 2. The van der Waals surface area contributed by atoms with Gasteiger partial charge in [0, 0.05) is 19.5 Å². The fourth-order valence-electron chi connectivity index (χ4n) is 2.77. The molecule has 1 heterocycles. The molecule has 0 radical (unpaired) electrons. The maximum Gasteiger partial charge on any atom is 0.180 e. The zero-order valence-electron chi connectivity index (χ0n) is 16.5. The number of rotatable bonds is 6. The number of fused-ring (bicyclic) bond motifs is 1. The molecule has 2 rings (SSSR count). The average Bonchev–Trinajstić information content (AvgIpc) is 2.78. The molecule has 0 atom stereocenters. The first-order valence-electron chi connectivity index (χ1n) is 8.79. The maximum absolute atomic E-state index is 12.5. The van der Waals surface area contributed by atoms with Gasteiger partial charge in [-0.25, -0.2) is 13.4 Å². The molecule has 140 valence electrons. The van der Waals surface area contributed by atoms with Crippen molar-refractivity contribution in [3.05, 3.63) is 24.0 Å². The Balaban J connectivity index is 2.56. The Bertz CT molecular complexity index is 843. The molecule has 0 N–H and O–H groups in total. The van der Waals surface area contributed by atoms with Crippen LogP contribution in [0.1, 0.15) is 40.4 Å². The molecule has 0 saturated carbocycles. The first kappa shape index (κ1) is 19.9. The van der Waals surface area contributed by atoms with Crippen LogP contribution in [-0.2, 0) is 22.8 Å². The predicted octanol–water partition coefficient (Wildman–Crippen LogP) is 3.37. The van der Waals surface area contributed by atoms with Crippen molar-refractivity contribution in [3.63, 3.8) is 0 Å². The van der Waals surface area contributed by atoms with Gasteiger partial charge in [0.2, 0.25) is 0 Å². The summed E-state index contributed by atoms with van der Waals surface area (Å²) in [6.45, 7) is 11.7. The third-order valence-electron chi connectivity index (χ3n) is 4.21. The van der Waals surface area contributed by atoms with Gasteiger partial charge in [0.1, 0.15) is 5.82 Å². The van der Waals surface area contributed by atoms with Gasteiger partial charge < -0.3 is 9.47 Å². The Morgan fingerprint density at radius 2 is 1.84 bits per heavy atom. The Morgan fingerprint density at radius 1 is 1.20 bits per heavy atom. The molecule has 0 fully saturated rings. The van der Waals surface area contributed by atoms with Gasteiger partial charge in [0.05, 0.1) is 21.2 Å². The number of nitrogens with zero attached hydrogens (tertiary/aromatic N) is 3. The van der Waals surface area contributed by atoms with Crippen LogP contribution in [0.25, 0.3) is 11.0 Å². The third kappa shape index (κ3) is 4.61. The SMILES string of the molecule is CC(C)S(=O)(=O)c1ccc2c(c1)nc(CC(C)(C)C)n2CCN(C)C. The molecule has 0 saturated heterocycles. The molecule has 0 aliphatic heterocycles. The monoisotopic (exact) mass is 365 g/mol. The number of hydrogen-bond donors (Lipinski definition) is 0. The molecule has 0 bridgehead atoms. The molecule has 0 aliphatic rings. The highest BCUT2D eigenvalue weighted by Gasteiger charge is 2.22. The Morgan fingerprint density at radius 3 is 2.36 bits per heavy atom. The highest BCUT2D eigenvalue weighted by atomic mass is 32.2. The topological polar surface area (TPSA) is 55.2 Å². The second-order valence-electron chi connectivity index (χ2n) is 8.46. The van der Waals surface area contributed by atoms with Gasteiger partial charge >= 0.3 is 0 Å². The number of hydrogen-bond acceptors (Lipinski definition) is 4. The van der Waals surface area contributed by atoms with Crippen molar-refractivity contribution in [1.29, 1.82) is 0 Å². The molecule has 0 aliphatic carbocycles. The molecule has 0 unspecified atom stereocenters. The largest absolute Gasteiger partial charge is 0.327 e. The second kappa shape index (κ2) is 7.08. The minimum atomic E-state index is -3.29. The van der Waals surface area contributed by atoms with Gasteiger partial charge in [-0.3, -0.25) is 0 Å². The van der Waals surface area contributed by atoms with Crippen molar-refractivity contribution in [2.45, 2.75) is 57.7 Å². The van der Waals surface area contributed by atoms with Crippen LogP contribution in [-0.4, -0.2) is 48.8 Å². The smallest absolute Gasteiger partial charge is 0.180 e. The lowest BCUT2D eigenvalue weighted by molar-refractivity contribution is 0.365. The summed E-state index contributed by atoms with van der Waals surface area (Å²) >= 11 is 0. The Hall–Kier alpha value is -1.40. The number of likely N-dealkylation sites (N-methyl/N-ethyl adjacent to an activating group) is 1. The normalized spacial score (nSPS) is 13.3. The Labute approximate surface area is 152 Å². The van der Waals surface area contributed by atoms with Gasteiger partial charge in [0.15, 0.2) is 9.84 Å². The Kier molecular flexibility index (Phi) is 5.64. The standard InChI is InChI=1S/C19H31N3O2S/c1-14(2)25(23,24)15-8-9-17-16(12-15)20-18(13-19(3,4)5)22(17)11-10-21(6)7/h8-9,12,14H,10-11,13H2,1-7H3. The van der Waals surface area contributed by atoms with Gasteiger partial charge in [-0.05, 0) is 51.6 Å². The molecule has 6 heteroatoms. The summed E-state index contributed by atoms with van der Waals surface area (Å²) in [5.41, 5.74) is 1.88. The van der Waals surface area contributed by atoms with E-state index in [0.29, 0.717) is 4.90 Å². The summed E-state index contributed by atoms with van der Waals surface area (Å²) in [6, 6.07) is 5.34. The summed E-state index contributed by atoms with van der Waals surface area (Å²) in [5.74, 6) is 1.02. The fraction of sp³-hybridized carbons (Fsp3) is 0.632. The molecule has 1 aromatic carbocycles. The van der Waals surface area contributed by atoms with E-state index in [-0.39, 0.29) is 5.41 Å². The molecule has 0 spiro atoms. The van der Waals surface area contributed by atoms with Crippen molar-refractivity contribution in [2.75, 3.05) is 20.6 Å². The van der Waals surface area contributed by atoms with E-state index in [2.05, 4.69) is 44.3 Å². The average molecular weight is 366 g/mol. The van der Waals surface area contributed by atoms with Crippen molar-refractivity contribution < 1.29 is 8.42 Å². The van der Waals surface area contributed by atoms with E-state index in [1.807, 2.05) is 6.07 Å². The minimum Gasteiger partial charge on any atom is -0.327 e. The summed E-state index contributed by atoms with van der Waals surface area (Å²) in [5, 5.41) is -0.435. The number of imidazole rings is 1. The van der Waals surface area contributed by atoms with Crippen molar-refractivity contribution in [1.82, 2.24) is 14.5 Å². The highest BCUT2D eigenvalue weighted by molar-refractivity contribution is 7.92. The minimum absolute atomic E-state index is 0.115. The molecular weight excluding hydrogens is 334 g/mol. The van der Waals surface area contributed by atoms with Crippen LogP contribution in [0, 0.1) is 5.41 Å². The first-order valence-corrected chi connectivity index (χ1v) is 10.3. The molecule has 5 nitrogen and oxygen atoms in total. The lowest BCUT2D eigenvalue weighted by Crippen LogP contribution is -2.21. The zero-order chi connectivity index (χ0) is 19.0. The quantitative estimate of drug-likeness (QED) is 0.787. The number of benzene rings is 1. The van der Waals surface area contributed by atoms with E-state index < -0.39 is 15.1 Å². The van der Waals surface area contributed by atoms with Crippen LogP contribution in [0.5, 0.6) is 0 Å². The van der Waals surface area contributed by atoms with Gasteiger partial charge in [0.25, 0.3) is 0 Å². The summed E-state index contributed by atoms with van der Waals surface area (Å²) in [6.07, 6.45) is 0.849. The molecule has 25 heavy (non-hydrogen) atoms. The second-order valence-corrected chi connectivity index (χ2v) is 11.0. The maximum atomic E-state index is 12.5. The van der Waals surface area contributed by atoms with E-state index in [4.69, 9.17) is 4.98 Å². The first-order chi connectivity index (χ1) is 11.4. The van der Waals surface area contributed by atoms with Crippen LogP contribution in [0.3, 0.4) is 0 Å². The zero-order valence-corrected chi connectivity index (χ0v) is 17.3. The third-order valence-corrected chi connectivity index (χ3v) is 6.36. The van der Waals surface area contributed by atoms with Gasteiger partial charge in [-0.15, -0.1) is 0 Å². The predicted molar refractivity (Wildman–Crippen MR) is 104 cm³/mol. The van der Waals surface area contributed by atoms with E-state index >= 15 is 0 Å². The van der Waals surface area contributed by atoms with Crippen molar-refractivity contribution >= 4 is 20.9 Å². The lowest BCUT2D eigenvalue weighted by Gasteiger charge is -2.19. The van der Waals surface area contributed by atoms with Crippen LogP contribution in [0.15, 0.2) is 23.1 Å². The van der Waals surface area contributed by atoms with Crippen molar-refractivity contribution in [3.8, 4) is 0 Å². The van der Waals surface area contributed by atoms with Crippen LogP contribution >= 0.6 is 0 Å². The van der Waals surface area contributed by atoms with Crippen molar-refractivity contribution in [2.24, 2.45) is 5.41 Å². The molecule has 0 amide bonds. The van der Waals surface area contributed by atoms with E-state index in [1.54, 1.807) is 26.0 Å². The fourth-order valence-corrected chi connectivity index (χ4v) is 3.85. The van der Waals surface area contributed by atoms with Crippen LogP contribution in [0.4, 0.5) is 0 Å². The lowest BCUT2D eigenvalue weighted by atomic mass is 9.92. The van der Waals surface area contributed by atoms with E-state index in [0.717, 1.165) is 36.4 Å².